The first-order chi connectivity index (χ1) is 7.09. The minimum absolute atomic E-state index is 0.588. The van der Waals surface area contributed by atoms with Gasteiger partial charge in [-0.3, -0.25) is 0 Å². The summed E-state index contributed by atoms with van der Waals surface area (Å²) in [4.78, 5) is 0. The van der Waals surface area contributed by atoms with Crippen molar-refractivity contribution in [2.45, 2.75) is 6.92 Å². The molecule has 1 aromatic carbocycles. The van der Waals surface area contributed by atoms with E-state index in [-0.39, 0.29) is 0 Å². The number of aryl methyl sites for hydroxylation is 1. The van der Waals surface area contributed by atoms with Crippen molar-refractivity contribution in [3.8, 4) is 11.4 Å². The Hall–Kier alpha value is -1.55. The highest BCUT2D eigenvalue weighted by atomic mass is 35.5. The molecule has 2 aromatic rings. The van der Waals surface area contributed by atoms with Crippen molar-refractivity contribution in [1.82, 2.24) is 14.8 Å². The lowest BCUT2D eigenvalue weighted by molar-refractivity contribution is 0.865. The molecule has 78 valence electrons. The molecule has 0 spiro atoms. The Balaban J connectivity index is 2.59. The molecule has 0 aliphatic rings. The Labute approximate surface area is 92.7 Å². The van der Waals surface area contributed by atoms with Gasteiger partial charge in [-0.05, 0) is 25.1 Å². The van der Waals surface area contributed by atoms with Crippen molar-refractivity contribution in [2.75, 3.05) is 5.73 Å². The molecular formula is C10H11ClN4. The van der Waals surface area contributed by atoms with E-state index in [1.165, 1.54) is 0 Å². The highest BCUT2D eigenvalue weighted by molar-refractivity contribution is 6.33. The van der Waals surface area contributed by atoms with E-state index in [2.05, 4.69) is 10.2 Å². The van der Waals surface area contributed by atoms with E-state index in [9.17, 15) is 0 Å². The number of halogens is 1. The molecule has 15 heavy (non-hydrogen) atoms. The van der Waals surface area contributed by atoms with Crippen molar-refractivity contribution < 1.29 is 0 Å². The van der Waals surface area contributed by atoms with E-state index >= 15 is 0 Å². The maximum Gasteiger partial charge on any atom is 0.165 e. The molecule has 0 saturated carbocycles. The number of hydrogen-bond acceptors (Lipinski definition) is 3. The van der Waals surface area contributed by atoms with Crippen molar-refractivity contribution in [3.05, 3.63) is 29.0 Å². The minimum Gasteiger partial charge on any atom is -0.399 e. The lowest BCUT2D eigenvalue weighted by atomic mass is 10.2. The Morgan fingerprint density at radius 3 is 2.60 bits per heavy atom. The van der Waals surface area contributed by atoms with Crippen LogP contribution < -0.4 is 5.73 Å². The summed E-state index contributed by atoms with van der Waals surface area (Å²) >= 11 is 6.08. The third kappa shape index (κ3) is 1.68. The Morgan fingerprint density at radius 1 is 1.33 bits per heavy atom. The normalized spacial score (nSPS) is 10.6. The zero-order valence-electron chi connectivity index (χ0n) is 8.53. The van der Waals surface area contributed by atoms with Gasteiger partial charge in [0.25, 0.3) is 0 Å². The molecule has 5 heteroatoms. The van der Waals surface area contributed by atoms with Crippen molar-refractivity contribution >= 4 is 17.3 Å². The first-order valence-corrected chi connectivity index (χ1v) is 4.89. The fraction of sp³-hybridized carbons (Fsp3) is 0.200. The van der Waals surface area contributed by atoms with E-state index in [4.69, 9.17) is 17.3 Å². The summed E-state index contributed by atoms with van der Waals surface area (Å²) in [6, 6.07) is 5.35. The van der Waals surface area contributed by atoms with Crippen LogP contribution in [0.1, 0.15) is 5.82 Å². The summed E-state index contributed by atoms with van der Waals surface area (Å²) in [7, 11) is 1.90. The highest BCUT2D eigenvalue weighted by Crippen LogP contribution is 2.27. The molecule has 2 rings (SSSR count). The van der Waals surface area contributed by atoms with Crippen LogP contribution in [-0.2, 0) is 7.05 Å². The van der Waals surface area contributed by atoms with Gasteiger partial charge in [0.15, 0.2) is 5.82 Å². The SMILES string of the molecule is Cc1nnc(-c2ccc(N)cc2Cl)n1C. The van der Waals surface area contributed by atoms with Gasteiger partial charge < -0.3 is 10.3 Å². The maximum atomic E-state index is 6.08. The van der Waals surface area contributed by atoms with Gasteiger partial charge in [0.1, 0.15) is 5.82 Å². The van der Waals surface area contributed by atoms with Gasteiger partial charge in [-0.15, -0.1) is 10.2 Å². The minimum atomic E-state index is 0.588. The molecule has 2 N–H and O–H groups in total. The second kappa shape index (κ2) is 3.55. The van der Waals surface area contributed by atoms with Crippen molar-refractivity contribution in [2.24, 2.45) is 7.05 Å². The summed E-state index contributed by atoms with van der Waals surface area (Å²) in [5.74, 6) is 1.59. The smallest absolute Gasteiger partial charge is 0.165 e. The van der Waals surface area contributed by atoms with Crippen LogP contribution in [0, 0.1) is 6.92 Å². The van der Waals surface area contributed by atoms with E-state index in [0.717, 1.165) is 17.2 Å². The van der Waals surface area contributed by atoms with Gasteiger partial charge in [-0.25, -0.2) is 0 Å². The van der Waals surface area contributed by atoms with Crippen LogP contribution in [0.2, 0.25) is 5.02 Å². The zero-order valence-corrected chi connectivity index (χ0v) is 9.28. The number of rotatable bonds is 1. The van der Waals surface area contributed by atoms with E-state index in [1.807, 2.05) is 24.6 Å². The molecule has 0 aliphatic heterocycles. The topological polar surface area (TPSA) is 56.7 Å². The van der Waals surface area contributed by atoms with Crippen LogP contribution in [0.15, 0.2) is 18.2 Å². The summed E-state index contributed by atoms with van der Waals surface area (Å²) in [6.07, 6.45) is 0. The Morgan fingerprint density at radius 2 is 2.07 bits per heavy atom. The standard InChI is InChI=1S/C10H11ClN4/c1-6-13-14-10(15(6)2)8-4-3-7(12)5-9(8)11/h3-5H,12H2,1-2H3. The third-order valence-corrected chi connectivity index (χ3v) is 2.64. The molecule has 0 aliphatic carbocycles. The predicted molar refractivity (Wildman–Crippen MR) is 60.6 cm³/mol. The molecule has 0 bridgehead atoms. The summed E-state index contributed by atoms with van der Waals surface area (Å²) < 4.78 is 1.89. The number of nitrogens with two attached hydrogens (primary N) is 1. The molecule has 0 saturated heterocycles. The summed E-state index contributed by atoms with van der Waals surface area (Å²) in [5, 5.41) is 8.63. The Bertz CT molecular complexity index is 504. The van der Waals surface area contributed by atoms with Crippen LogP contribution in [0.5, 0.6) is 0 Å². The lowest BCUT2D eigenvalue weighted by Crippen LogP contribution is -1.96. The monoisotopic (exact) mass is 222 g/mol. The first kappa shape index (κ1) is 9.98. The first-order valence-electron chi connectivity index (χ1n) is 4.51. The quantitative estimate of drug-likeness (QED) is 0.752. The van der Waals surface area contributed by atoms with Gasteiger partial charge in [-0.2, -0.15) is 0 Å². The molecule has 0 amide bonds. The summed E-state index contributed by atoms with van der Waals surface area (Å²) in [5.41, 5.74) is 7.10. The maximum absolute atomic E-state index is 6.08. The van der Waals surface area contributed by atoms with Gasteiger partial charge in [0.05, 0.1) is 5.02 Å². The molecule has 0 fully saturated rings. The van der Waals surface area contributed by atoms with Crippen molar-refractivity contribution in [3.63, 3.8) is 0 Å². The van der Waals surface area contributed by atoms with E-state index in [1.54, 1.807) is 12.1 Å². The number of nitrogen functional groups attached to an aromatic ring is 1. The zero-order chi connectivity index (χ0) is 11.0. The Kier molecular flexibility index (Phi) is 2.36. The lowest BCUT2D eigenvalue weighted by Gasteiger charge is -2.04. The third-order valence-electron chi connectivity index (χ3n) is 2.33. The van der Waals surface area contributed by atoms with Gasteiger partial charge in [0, 0.05) is 18.3 Å². The fourth-order valence-corrected chi connectivity index (χ4v) is 1.63. The van der Waals surface area contributed by atoms with Crippen LogP contribution in [0.4, 0.5) is 5.69 Å². The van der Waals surface area contributed by atoms with Crippen LogP contribution >= 0.6 is 11.6 Å². The van der Waals surface area contributed by atoms with Crippen LogP contribution in [0.3, 0.4) is 0 Å². The van der Waals surface area contributed by atoms with Crippen molar-refractivity contribution in [1.29, 1.82) is 0 Å². The molecule has 1 aromatic heterocycles. The predicted octanol–water partition coefficient (Wildman–Crippen LogP) is 2.03. The van der Waals surface area contributed by atoms with Crippen LogP contribution in [0.25, 0.3) is 11.4 Å². The van der Waals surface area contributed by atoms with E-state index < -0.39 is 0 Å². The van der Waals surface area contributed by atoms with Gasteiger partial charge >= 0.3 is 0 Å². The molecular weight excluding hydrogens is 212 g/mol. The number of aromatic nitrogens is 3. The number of benzene rings is 1. The van der Waals surface area contributed by atoms with Crippen LogP contribution in [-0.4, -0.2) is 14.8 Å². The second-order valence-corrected chi connectivity index (χ2v) is 3.78. The van der Waals surface area contributed by atoms with E-state index in [0.29, 0.717) is 10.7 Å². The second-order valence-electron chi connectivity index (χ2n) is 3.37. The van der Waals surface area contributed by atoms with Gasteiger partial charge in [-0.1, -0.05) is 11.6 Å². The summed E-state index contributed by atoms with van der Waals surface area (Å²) in [6.45, 7) is 1.89. The molecule has 0 atom stereocenters. The molecule has 1 heterocycles. The molecule has 0 radical (unpaired) electrons. The fourth-order valence-electron chi connectivity index (χ4n) is 1.35. The number of hydrogen-bond donors (Lipinski definition) is 1. The number of nitrogens with zero attached hydrogens (tertiary/aromatic N) is 3. The average Bonchev–Trinajstić information content (AvgIpc) is 2.49. The largest absolute Gasteiger partial charge is 0.399 e. The van der Waals surface area contributed by atoms with Gasteiger partial charge in [0.2, 0.25) is 0 Å². The average molecular weight is 223 g/mol. The number of anilines is 1. The molecule has 0 unspecified atom stereocenters. The highest BCUT2D eigenvalue weighted by Gasteiger charge is 2.11. The molecule has 4 nitrogen and oxygen atoms in total.